The summed E-state index contributed by atoms with van der Waals surface area (Å²) in [5.41, 5.74) is 0.250. The van der Waals surface area contributed by atoms with Crippen LogP contribution in [0.3, 0.4) is 0 Å². The summed E-state index contributed by atoms with van der Waals surface area (Å²) < 4.78 is 42.4. The van der Waals surface area contributed by atoms with Gasteiger partial charge in [-0.25, -0.2) is 8.78 Å². The molecule has 0 aromatic heterocycles. The molecule has 1 unspecified atom stereocenters. The Labute approximate surface area is 111 Å². The summed E-state index contributed by atoms with van der Waals surface area (Å²) in [5, 5.41) is 0. The first-order valence-corrected chi connectivity index (χ1v) is 5.66. The van der Waals surface area contributed by atoms with Gasteiger partial charge in [0.05, 0.1) is 6.61 Å². The summed E-state index contributed by atoms with van der Waals surface area (Å²) in [6.45, 7) is 0.250. The monoisotopic (exact) mass is 270 g/mol. The van der Waals surface area contributed by atoms with Gasteiger partial charge >= 0.3 is 0 Å². The van der Waals surface area contributed by atoms with E-state index in [4.69, 9.17) is 14.2 Å². The van der Waals surface area contributed by atoms with Crippen LogP contribution in [0, 0.1) is 30.4 Å². The van der Waals surface area contributed by atoms with Crippen LogP contribution in [-0.2, 0) is 15.9 Å². The van der Waals surface area contributed by atoms with Crippen LogP contribution in [0.4, 0.5) is 8.78 Å². The summed E-state index contributed by atoms with van der Waals surface area (Å²) in [6, 6.07) is 2.17. The second-order valence-electron chi connectivity index (χ2n) is 3.95. The molecular formula is C14H16F2O3. The number of rotatable bonds is 3. The van der Waals surface area contributed by atoms with E-state index < -0.39 is 17.9 Å². The van der Waals surface area contributed by atoms with Crippen molar-refractivity contribution in [2.75, 3.05) is 20.8 Å². The van der Waals surface area contributed by atoms with Gasteiger partial charge in [0.2, 0.25) is 0 Å². The molecule has 0 amide bonds. The number of fused-ring (bicyclic) bond motifs is 1. The molecular weight excluding hydrogens is 254 g/mol. The minimum atomic E-state index is -0.536. The second-order valence-corrected chi connectivity index (χ2v) is 3.95. The fourth-order valence-corrected chi connectivity index (χ4v) is 2.09. The summed E-state index contributed by atoms with van der Waals surface area (Å²) >= 11 is 0. The van der Waals surface area contributed by atoms with E-state index in [2.05, 4.69) is 12.8 Å². The predicted octanol–water partition coefficient (Wildman–Crippen LogP) is 2.38. The van der Waals surface area contributed by atoms with Crippen LogP contribution in [-0.4, -0.2) is 27.1 Å². The van der Waals surface area contributed by atoms with Crippen LogP contribution in [0.2, 0.25) is 0 Å². The van der Waals surface area contributed by atoms with Crippen LogP contribution >= 0.6 is 0 Å². The number of hydrogen-bond acceptors (Lipinski definition) is 3. The maximum atomic E-state index is 13.6. The fourth-order valence-electron chi connectivity index (χ4n) is 2.09. The van der Waals surface area contributed by atoms with Gasteiger partial charge in [0, 0.05) is 25.7 Å². The van der Waals surface area contributed by atoms with E-state index in [1.807, 2.05) is 0 Å². The van der Waals surface area contributed by atoms with Gasteiger partial charge in [0.1, 0.15) is 5.82 Å². The lowest BCUT2D eigenvalue weighted by atomic mass is 9.95. The third-order valence-corrected chi connectivity index (χ3v) is 2.91. The number of methoxy groups -OCH3 is 2. The smallest absolute Gasteiger partial charge is 0.165 e. The van der Waals surface area contributed by atoms with Gasteiger partial charge in [0.25, 0.3) is 0 Å². The minimum absolute atomic E-state index is 0.00667. The molecule has 1 heterocycles. The highest BCUT2D eigenvalue weighted by Gasteiger charge is 2.31. The zero-order valence-corrected chi connectivity index (χ0v) is 10.9. The summed E-state index contributed by atoms with van der Waals surface area (Å²) in [7, 11) is 3.01. The van der Waals surface area contributed by atoms with Crippen molar-refractivity contribution in [3.63, 3.8) is 0 Å². The molecule has 1 aliphatic rings. The van der Waals surface area contributed by atoms with Crippen LogP contribution in [0.1, 0.15) is 5.56 Å². The summed E-state index contributed by atoms with van der Waals surface area (Å²) in [6.07, 6.45) is 7.86. The van der Waals surface area contributed by atoms with Crippen molar-refractivity contribution in [1.29, 1.82) is 0 Å². The first-order chi connectivity index (χ1) is 9.17. The van der Waals surface area contributed by atoms with E-state index in [-0.39, 0.29) is 23.8 Å². The molecule has 104 valence electrons. The fraction of sp³-hybridized carbons (Fsp3) is 0.429. The van der Waals surface area contributed by atoms with Crippen molar-refractivity contribution in [3.05, 3.63) is 29.3 Å². The normalized spacial score (nSPS) is 17.1. The first kappa shape index (κ1) is 15.4. The van der Waals surface area contributed by atoms with E-state index in [9.17, 15) is 8.78 Å². The first-order valence-electron chi connectivity index (χ1n) is 5.66. The lowest BCUT2D eigenvalue weighted by molar-refractivity contribution is -0.146. The van der Waals surface area contributed by atoms with E-state index in [0.29, 0.717) is 6.42 Å². The van der Waals surface area contributed by atoms with Crippen LogP contribution in [0.5, 0.6) is 5.75 Å². The zero-order chi connectivity index (χ0) is 14.4. The molecule has 1 atom stereocenters. The van der Waals surface area contributed by atoms with Crippen molar-refractivity contribution in [1.82, 2.24) is 0 Å². The summed E-state index contributed by atoms with van der Waals surface area (Å²) in [5.74, 6) is -1.13. The molecule has 5 heteroatoms. The Morgan fingerprint density at radius 1 is 1.21 bits per heavy atom. The molecule has 0 spiro atoms. The van der Waals surface area contributed by atoms with Crippen LogP contribution in [0.25, 0.3) is 0 Å². The molecule has 19 heavy (non-hydrogen) atoms. The van der Waals surface area contributed by atoms with Crippen molar-refractivity contribution in [2.45, 2.75) is 12.7 Å². The predicted molar refractivity (Wildman–Crippen MR) is 66.7 cm³/mol. The molecule has 0 bridgehead atoms. The second kappa shape index (κ2) is 7.07. The SMILES string of the molecule is C#C.COC(OC)C1COc2c(F)ccc(F)c2C1. The third kappa shape index (κ3) is 3.22. The third-order valence-electron chi connectivity index (χ3n) is 2.91. The van der Waals surface area contributed by atoms with E-state index >= 15 is 0 Å². The molecule has 0 aliphatic carbocycles. The number of terminal acetylenes is 1. The Kier molecular flexibility index (Phi) is 5.74. The molecule has 1 aliphatic heterocycles. The molecule has 2 rings (SSSR count). The Bertz CT molecular complexity index is 442. The zero-order valence-electron chi connectivity index (χ0n) is 10.9. The van der Waals surface area contributed by atoms with Crippen molar-refractivity contribution in [3.8, 4) is 18.6 Å². The quantitative estimate of drug-likeness (QED) is 0.623. The van der Waals surface area contributed by atoms with Gasteiger partial charge in [0.15, 0.2) is 17.9 Å². The lowest BCUT2D eigenvalue weighted by Crippen LogP contribution is -2.34. The topological polar surface area (TPSA) is 27.7 Å². The number of ether oxygens (including phenoxy) is 3. The standard InChI is InChI=1S/C12H14F2O3.C2H2/c1-15-12(16-2)7-5-8-9(13)3-4-10(14)11(8)17-6-7;1-2/h3-4,7,12H,5-6H2,1-2H3;1-2H. The molecule has 0 N–H and O–H groups in total. The number of halogens is 2. The van der Waals surface area contributed by atoms with Crippen LogP contribution < -0.4 is 4.74 Å². The average Bonchev–Trinajstić information content (AvgIpc) is 2.46. The van der Waals surface area contributed by atoms with Gasteiger partial charge in [-0.15, -0.1) is 12.8 Å². The molecule has 0 saturated heterocycles. The highest BCUT2D eigenvalue weighted by atomic mass is 19.1. The van der Waals surface area contributed by atoms with Crippen LogP contribution in [0.15, 0.2) is 12.1 Å². The Balaban J connectivity index is 0.000000861. The Hall–Kier alpha value is -1.64. The number of hydrogen-bond donors (Lipinski definition) is 0. The molecule has 0 fully saturated rings. The van der Waals surface area contributed by atoms with E-state index in [1.54, 1.807) is 0 Å². The van der Waals surface area contributed by atoms with E-state index in [1.165, 1.54) is 14.2 Å². The minimum Gasteiger partial charge on any atom is -0.490 e. The molecule has 1 aromatic carbocycles. The van der Waals surface area contributed by atoms with Gasteiger partial charge in [-0.1, -0.05) is 0 Å². The Morgan fingerprint density at radius 3 is 2.37 bits per heavy atom. The largest absolute Gasteiger partial charge is 0.490 e. The number of benzene rings is 1. The highest BCUT2D eigenvalue weighted by Crippen LogP contribution is 2.33. The molecule has 1 aromatic rings. The van der Waals surface area contributed by atoms with Gasteiger partial charge in [-0.2, -0.15) is 0 Å². The maximum absolute atomic E-state index is 13.6. The van der Waals surface area contributed by atoms with Crippen molar-refractivity contribution < 1.29 is 23.0 Å². The van der Waals surface area contributed by atoms with E-state index in [0.717, 1.165) is 12.1 Å². The van der Waals surface area contributed by atoms with Gasteiger partial charge in [-0.3, -0.25) is 0 Å². The maximum Gasteiger partial charge on any atom is 0.165 e. The molecule has 3 nitrogen and oxygen atoms in total. The van der Waals surface area contributed by atoms with Gasteiger partial charge in [-0.05, 0) is 18.6 Å². The average molecular weight is 270 g/mol. The van der Waals surface area contributed by atoms with Crippen molar-refractivity contribution >= 4 is 0 Å². The summed E-state index contributed by atoms with van der Waals surface area (Å²) in [4.78, 5) is 0. The highest BCUT2D eigenvalue weighted by molar-refractivity contribution is 5.38. The van der Waals surface area contributed by atoms with Crippen molar-refractivity contribution in [2.24, 2.45) is 5.92 Å². The lowest BCUT2D eigenvalue weighted by Gasteiger charge is -2.30. The molecule has 0 saturated carbocycles. The van der Waals surface area contributed by atoms with Gasteiger partial charge < -0.3 is 14.2 Å². The Morgan fingerprint density at radius 2 is 1.79 bits per heavy atom. The molecule has 0 radical (unpaired) electrons.